The molecule has 6 nitrogen and oxygen atoms in total. The van der Waals surface area contributed by atoms with Crippen LogP contribution in [0.3, 0.4) is 0 Å². The topological polar surface area (TPSA) is 72.1 Å². The van der Waals surface area contributed by atoms with Gasteiger partial charge in [-0.1, -0.05) is 30.8 Å². The third-order valence-electron chi connectivity index (χ3n) is 5.66. The number of pyridine rings is 1. The van der Waals surface area contributed by atoms with Crippen LogP contribution in [0.2, 0.25) is 0 Å². The van der Waals surface area contributed by atoms with Crippen molar-refractivity contribution in [3.05, 3.63) is 30.4 Å². The van der Waals surface area contributed by atoms with Crippen molar-refractivity contribution < 1.29 is 9.32 Å². The second-order valence-electron chi connectivity index (χ2n) is 7.50. The zero-order valence-corrected chi connectivity index (χ0v) is 15.1. The van der Waals surface area contributed by atoms with E-state index in [-0.39, 0.29) is 11.9 Å². The van der Waals surface area contributed by atoms with E-state index in [9.17, 15) is 4.79 Å². The van der Waals surface area contributed by atoms with Crippen LogP contribution in [-0.2, 0) is 4.79 Å². The lowest BCUT2D eigenvalue weighted by atomic mass is 10.0. The van der Waals surface area contributed by atoms with Gasteiger partial charge in [-0.3, -0.25) is 9.78 Å². The fourth-order valence-electron chi connectivity index (χ4n) is 4.23. The molecular weight excluding hydrogens is 328 g/mol. The Kier molecular flexibility index (Phi) is 5.27. The van der Waals surface area contributed by atoms with Gasteiger partial charge in [-0.25, -0.2) is 0 Å². The second-order valence-corrected chi connectivity index (χ2v) is 7.50. The van der Waals surface area contributed by atoms with Gasteiger partial charge in [-0.15, -0.1) is 0 Å². The first-order chi connectivity index (χ1) is 12.8. The largest absolute Gasteiger partial charge is 0.337 e. The van der Waals surface area contributed by atoms with Crippen molar-refractivity contribution in [2.45, 2.75) is 63.8 Å². The molecule has 26 heavy (non-hydrogen) atoms. The molecule has 3 heterocycles. The molecule has 2 aromatic rings. The molecule has 0 N–H and O–H groups in total. The van der Waals surface area contributed by atoms with Gasteiger partial charge in [0.15, 0.2) is 0 Å². The van der Waals surface area contributed by atoms with Gasteiger partial charge in [0.25, 0.3) is 0 Å². The lowest BCUT2D eigenvalue weighted by molar-refractivity contribution is -0.135. The molecule has 0 radical (unpaired) electrons. The maximum atomic E-state index is 13.0. The summed E-state index contributed by atoms with van der Waals surface area (Å²) in [6.45, 7) is 0.792. The SMILES string of the molecule is O=C(CC1CCCC1)N1CCCCCC1c1nc(-c2cccnc2)no1. The molecular formula is C20H26N4O2. The second kappa shape index (κ2) is 7.98. The van der Waals surface area contributed by atoms with Gasteiger partial charge in [0.05, 0.1) is 0 Å². The molecule has 1 aliphatic heterocycles. The monoisotopic (exact) mass is 354 g/mol. The standard InChI is InChI=1S/C20H26N4O2/c25-18(13-15-7-3-4-8-15)24-12-5-1-2-10-17(24)20-22-19(23-26-20)16-9-6-11-21-14-16/h6,9,11,14-15,17H,1-5,7-8,10,12-13H2. The van der Waals surface area contributed by atoms with Gasteiger partial charge in [-0.2, -0.15) is 4.98 Å². The number of rotatable bonds is 4. The summed E-state index contributed by atoms with van der Waals surface area (Å²) < 4.78 is 5.58. The summed E-state index contributed by atoms with van der Waals surface area (Å²) in [6, 6.07) is 3.68. The molecule has 2 aromatic heterocycles. The molecule has 1 saturated heterocycles. The van der Waals surface area contributed by atoms with Gasteiger partial charge in [0.1, 0.15) is 6.04 Å². The molecule has 138 valence electrons. The van der Waals surface area contributed by atoms with Gasteiger partial charge in [0, 0.05) is 30.9 Å². The Morgan fingerprint density at radius 1 is 1.15 bits per heavy atom. The Morgan fingerprint density at radius 2 is 2.00 bits per heavy atom. The Labute approximate surface area is 154 Å². The predicted octanol–water partition coefficient (Wildman–Crippen LogP) is 4.16. The highest BCUT2D eigenvalue weighted by Gasteiger charge is 2.32. The minimum Gasteiger partial charge on any atom is -0.337 e. The van der Waals surface area contributed by atoms with Crippen molar-refractivity contribution in [2.24, 2.45) is 5.92 Å². The van der Waals surface area contributed by atoms with E-state index >= 15 is 0 Å². The minimum absolute atomic E-state index is 0.0932. The summed E-state index contributed by atoms with van der Waals surface area (Å²) in [5, 5.41) is 4.13. The molecule has 1 aliphatic carbocycles. The van der Waals surface area contributed by atoms with E-state index in [1.165, 1.54) is 25.7 Å². The van der Waals surface area contributed by atoms with E-state index in [0.717, 1.165) is 37.8 Å². The van der Waals surface area contributed by atoms with Gasteiger partial charge in [-0.05, 0) is 43.7 Å². The van der Waals surface area contributed by atoms with Crippen molar-refractivity contribution in [2.75, 3.05) is 6.54 Å². The van der Waals surface area contributed by atoms with Crippen LogP contribution in [0, 0.1) is 5.92 Å². The fraction of sp³-hybridized carbons (Fsp3) is 0.600. The number of hydrogen-bond donors (Lipinski definition) is 0. The molecule has 0 spiro atoms. The predicted molar refractivity (Wildman–Crippen MR) is 97.0 cm³/mol. The molecule has 0 aromatic carbocycles. The first kappa shape index (κ1) is 17.2. The first-order valence-corrected chi connectivity index (χ1v) is 9.85. The summed E-state index contributed by atoms with van der Waals surface area (Å²) in [5.74, 6) is 1.91. The van der Waals surface area contributed by atoms with E-state index in [4.69, 9.17) is 4.52 Å². The molecule has 1 amide bonds. The summed E-state index contributed by atoms with van der Waals surface area (Å²) in [7, 11) is 0. The Morgan fingerprint density at radius 3 is 2.81 bits per heavy atom. The fourth-order valence-corrected chi connectivity index (χ4v) is 4.23. The number of likely N-dealkylation sites (tertiary alicyclic amines) is 1. The smallest absolute Gasteiger partial charge is 0.249 e. The molecule has 0 bridgehead atoms. The van der Waals surface area contributed by atoms with Crippen LogP contribution in [0.15, 0.2) is 29.0 Å². The van der Waals surface area contributed by atoms with Crippen LogP contribution in [-0.4, -0.2) is 32.5 Å². The first-order valence-electron chi connectivity index (χ1n) is 9.85. The quantitative estimate of drug-likeness (QED) is 0.824. The van der Waals surface area contributed by atoms with Crippen LogP contribution < -0.4 is 0 Å². The van der Waals surface area contributed by atoms with E-state index in [0.29, 0.717) is 24.1 Å². The number of nitrogens with zero attached hydrogens (tertiary/aromatic N) is 4. The van der Waals surface area contributed by atoms with E-state index in [1.54, 1.807) is 12.4 Å². The molecule has 2 fully saturated rings. The Balaban J connectivity index is 1.53. The van der Waals surface area contributed by atoms with Crippen LogP contribution in [0.5, 0.6) is 0 Å². The third kappa shape index (κ3) is 3.79. The Hall–Kier alpha value is -2.24. The van der Waals surface area contributed by atoms with Gasteiger partial charge >= 0.3 is 0 Å². The molecule has 1 atom stereocenters. The minimum atomic E-state index is -0.0932. The van der Waals surface area contributed by atoms with Crippen LogP contribution >= 0.6 is 0 Å². The number of hydrogen-bond acceptors (Lipinski definition) is 5. The lowest BCUT2D eigenvalue weighted by Crippen LogP contribution is -2.35. The van der Waals surface area contributed by atoms with E-state index in [1.807, 2.05) is 17.0 Å². The van der Waals surface area contributed by atoms with Crippen molar-refractivity contribution in [1.82, 2.24) is 20.0 Å². The maximum Gasteiger partial charge on any atom is 0.249 e. The molecule has 1 saturated carbocycles. The van der Waals surface area contributed by atoms with Crippen LogP contribution in [0.1, 0.15) is 69.7 Å². The van der Waals surface area contributed by atoms with E-state index < -0.39 is 0 Å². The van der Waals surface area contributed by atoms with Crippen molar-refractivity contribution in [3.63, 3.8) is 0 Å². The highest BCUT2D eigenvalue weighted by atomic mass is 16.5. The van der Waals surface area contributed by atoms with Gasteiger partial charge in [0.2, 0.25) is 17.6 Å². The summed E-state index contributed by atoms with van der Waals surface area (Å²) in [4.78, 5) is 23.7. The highest BCUT2D eigenvalue weighted by Crippen LogP contribution is 2.33. The third-order valence-corrected chi connectivity index (χ3v) is 5.66. The van der Waals surface area contributed by atoms with Crippen LogP contribution in [0.25, 0.3) is 11.4 Å². The Bertz CT molecular complexity index is 724. The van der Waals surface area contributed by atoms with Crippen molar-refractivity contribution >= 4 is 5.91 Å². The number of carbonyl (C=O) groups excluding carboxylic acids is 1. The summed E-state index contributed by atoms with van der Waals surface area (Å²) in [6.07, 6.45) is 13.2. The van der Waals surface area contributed by atoms with Crippen molar-refractivity contribution in [3.8, 4) is 11.4 Å². The highest BCUT2D eigenvalue weighted by molar-refractivity contribution is 5.77. The summed E-state index contributed by atoms with van der Waals surface area (Å²) in [5.41, 5.74) is 0.833. The average Bonchev–Trinajstić information content (AvgIpc) is 3.30. The lowest BCUT2D eigenvalue weighted by Gasteiger charge is -2.28. The molecule has 1 unspecified atom stereocenters. The molecule has 4 rings (SSSR count). The number of aromatic nitrogens is 3. The van der Waals surface area contributed by atoms with Gasteiger partial charge < -0.3 is 9.42 Å². The van der Waals surface area contributed by atoms with Crippen LogP contribution in [0.4, 0.5) is 0 Å². The summed E-state index contributed by atoms with van der Waals surface area (Å²) >= 11 is 0. The van der Waals surface area contributed by atoms with E-state index in [2.05, 4.69) is 15.1 Å². The molecule has 6 heteroatoms. The molecule has 2 aliphatic rings. The van der Waals surface area contributed by atoms with Crippen molar-refractivity contribution in [1.29, 1.82) is 0 Å². The zero-order valence-electron chi connectivity index (χ0n) is 15.1. The maximum absolute atomic E-state index is 13.0. The average molecular weight is 354 g/mol. The zero-order chi connectivity index (χ0) is 17.8. The normalized spacial score (nSPS) is 21.7. The number of carbonyl (C=O) groups is 1. The number of amides is 1.